The fraction of sp³-hybridized carbons (Fsp3) is 0.438. The molecule has 0 bridgehead atoms. The number of esters is 1. The zero-order valence-electron chi connectivity index (χ0n) is 13.2. The van der Waals surface area contributed by atoms with Gasteiger partial charge in [0.25, 0.3) is 0 Å². The Kier molecular flexibility index (Phi) is 4.26. The van der Waals surface area contributed by atoms with Gasteiger partial charge >= 0.3 is 13.1 Å². The Bertz CT molecular complexity index is 533. The quantitative estimate of drug-likeness (QED) is 0.487. The molecule has 1 heterocycles. The Morgan fingerprint density at radius 3 is 2.10 bits per heavy atom. The van der Waals surface area contributed by atoms with Crippen molar-refractivity contribution in [3.63, 3.8) is 0 Å². The van der Waals surface area contributed by atoms with Crippen LogP contribution in [0, 0.1) is 0 Å². The Labute approximate surface area is 126 Å². The van der Waals surface area contributed by atoms with Gasteiger partial charge in [-0.2, -0.15) is 0 Å². The van der Waals surface area contributed by atoms with Gasteiger partial charge in [-0.3, -0.25) is 0 Å². The van der Waals surface area contributed by atoms with Gasteiger partial charge < -0.3 is 14.0 Å². The third kappa shape index (κ3) is 3.19. The fourth-order valence-electron chi connectivity index (χ4n) is 2.10. The number of benzene rings is 1. The first-order valence-corrected chi connectivity index (χ1v) is 6.98. The minimum absolute atomic E-state index is 0.407. The molecule has 21 heavy (non-hydrogen) atoms. The van der Waals surface area contributed by atoms with Gasteiger partial charge in [-0.1, -0.05) is 30.3 Å². The van der Waals surface area contributed by atoms with Crippen molar-refractivity contribution in [2.45, 2.75) is 38.9 Å². The summed E-state index contributed by atoms with van der Waals surface area (Å²) < 4.78 is 16.7. The minimum atomic E-state index is -0.579. The minimum Gasteiger partial charge on any atom is -0.465 e. The van der Waals surface area contributed by atoms with Crippen molar-refractivity contribution in [2.24, 2.45) is 0 Å². The van der Waals surface area contributed by atoms with Crippen molar-refractivity contribution < 1.29 is 18.8 Å². The van der Waals surface area contributed by atoms with E-state index in [0.717, 1.165) is 5.56 Å². The standard InChI is InChI=1S/C16H21BO4/c1-15(2)16(3,4)21-17(20-15)11-13(14(18)19-5)12-9-7-6-8-10-12/h6-11H,1-5H3/b13-11+. The highest BCUT2D eigenvalue weighted by Crippen LogP contribution is 2.37. The molecule has 0 spiro atoms. The maximum atomic E-state index is 12.0. The van der Waals surface area contributed by atoms with Crippen molar-refractivity contribution in [3.8, 4) is 0 Å². The van der Waals surface area contributed by atoms with Gasteiger partial charge in [-0.25, -0.2) is 4.79 Å². The molecule has 4 nitrogen and oxygen atoms in total. The van der Waals surface area contributed by atoms with E-state index >= 15 is 0 Å². The summed E-state index contributed by atoms with van der Waals surface area (Å²) in [5.74, 6) is 1.27. The van der Waals surface area contributed by atoms with Crippen LogP contribution in [0.25, 0.3) is 5.57 Å². The Hall–Kier alpha value is -1.59. The predicted octanol–water partition coefficient (Wildman–Crippen LogP) is 2.87. The van der Waals surface area contributed by atoms with E-state index in [-0.39, 0.29) is 0 Å². The molecule has 1 fully saturated rings. The normalized spacial score (nSPS) is 20.4. The highest BCUT2D eigenvalue weighted by molar-refractivity contribution is 6.55. The first-order valence-electron chi connectivity index (χ1n) is 6.98. The van der Waals surface area contributed by atoms with Crippen LogP contribution in [0.2, 0.25) is 0 Å². The zero-order chi connectivity index (χ0) is 15.7. The molecule has 1 aromatic carbocycles. The molecule has 1 aromatic rings. The molecule has 0 unspecified atom stereocenters. The molecule has 0 saturated carbocycles. The summed E-state index contributed by atoms with van der Waals surface area (Å²) in [4.78, 5) is 12.0. The van der Waals surface area contributed by atoms with Crippen molar-refractivity contribution in [3.05, 3.63) is 41.9 Å². The van der Waals surface area contributed by atoms with Gasteiger partial charge in [0.1, 0.15) is 0 Å². The SMILES string of the molecule is COC(=O)/C(=C/B1OC(C)(C)C(C)(C)O1)c1ccccc1. The monoisotopic (exact) mass is 288 g/mol. The van der Waals surface area contributed by atoms with Gasteiger partial charge in [0.15, 0.2) is 0 Å². The highest BCUT2D eigenvalue weighted by atomic mass is 16.7. The van der Waals surface area contributed by atoms with Gasteiger partial charge in [-0.05, 0) is 39.2 Å². The summed E-state index contributed by atoms with van der Waals surface area (Å²) >= 11 is 0. The first-order chi connectivity index (χ1) is 9.77. The van der Waals surface area contributed by atoms with E-state index in [0.29, 0.717) is 5.57 Å². The second kappa shape index (κ2) is 5.66. The number of carbonyl (C=O) groups is 1. The van der Waals surface area contributed by atoms with E-state index in [2.05, 4.69) is 0 Å². The number of carbonyl (C=O) groups excluding carboxylic acids is 1. The third-order valence-electron chi connectivity index (χ3n) is 4.06. The predicted molar refractivity (Wildman–Crippen MR) is 82.5 cm³/mol. The average Bonchev–Trinajstić information content (AvgIpc) is 2.64. The molecule has 0 amide bonds. The van der Waals surface area contributed by atoms with Crippen molar-refractivity contribution in [2.75, 3.05) is 7.11 Å². The first kappa shape index (κ1) is 15.8. The Morgan fingerprint density at radius 2 is 1.62 bits per heavy atom. The lowest BCUT2D eigenvalue weighted by Gasteiger charge is -2.32. The lowest BCUT2D eigenvalue weighted by Crippen LogP contribution is -2.41. The summed E-state index contributed by atoms with van der Waals surface area (Å²) in [6, 6.07) is 9.35. The lowest BCUT2D eigenvalue weighted by molar-refractivity contribution is -0.133. The van der Waals surface area contributed by atoms with Crippen LogP contribution in [-0.2, 0) is 18.8 Å². The van der Waals surface area contributed by atoms with Crippen molar-refractivity contribution in [1.29, 1.82) is 0 Å². The van der Waals surface area contributed by atoms with E-state index in [9.17, 15) is 4.79 Å². The molecule has 5 heteroatoms. The van der Waals surface area contributed by atoms with Crippen molar-refractivity contribution >= 4 is 18.7 Å². The van der Waals surface area contributed by atoms with Crippen LogP contribution in [0.4, 0.5) is 0 Å². The summed E-state index contributed by atoms with van der Waals surface area (Å²) in [5, 5.41) is 0. The van der Waals surface area contributed by atoms with Crippen LogP contribution in [0.3, 0.4) is 0 Å². The zero-order valence-corrected chi connectivity index (χ0v) is 13.2. The molecule has 0 N–H and O–H groups in total. The molecular weight excluding hydrogens is 267 g/mol. The van der Waals surface area contributed by atoms with E-state index in [1.165, 1.54) is 7.11 Å². The maximum Gasteiger partial charge on any atom is 0.488 e. The van der Waals surface area contributed by atoms with E-state index < -0.39 is 24.3 Å². The number of rotatable bonds is 3. The molecule has 1 aliphatic heterocycles. The van der Waals surface area contributed by atoms with Crippen LogP contribution < -0.4 is 0 Å². The van der Waals surface area contributed by atoms with Crippen molar-refractivity contribution in [1.82, 2.24) is 0 Å². The second-order valence-electron chi connectivity index (χ2n) is 6.06. The molecule has 1 saturated heterocycles. The summed E-state index contributed by atoms with van der Waals surface area (Å²) in [5.41, 5.74) is 0.341. The maximum absolute atomic E-state index is 12.0. The van der Waals surface area contributed by atoms with E-state index in [4.69, 9.17) is 14.0 Å². The number of ether oxygens (including phenoxy) is 1. The van der Waals surface area contributed by atoms with Gasteiger partial charge in [0, 0.05) is 0 Å². The Balaban J connectivity index is 2.33. The van der Waals surface area contributed by atoms with Gasteiger partial charge in [0.2, 0.25) is 0 Å². The molecule has 0 aromatic heterocycles. The molecule has 2 rings (SSSR count). The fourth-order valence-corrected chi connectivity index (χ4v) is 2.10. The molecule has 0 radical (unpaired) electrons. The van der Waals surface area contributed by atoms with Crippen LogP contribution >= 0.6 is 0 Å². The topological polar surface area (TPSA) is 44.8 Å². The van der Waals surface area contributed by atoms with Crippen LogP contribution in [0.15, 0.2) is 36.3 Å². The molecular formula is C16H21BO4. The van der Waals surface area contributed by atoms with Crippen LogP contribution in [0.1, 0.15) is 33.3 Å². The van der Waals surface area contributed by atoms with Crippen LogP contribution in [0.5, 0.6) is 0 Å². The summed E-state index contributed by atoms with van der Waals surface area (Å²) in [6.45, 7) is 7.89. The lowest BCUT2D eigenvalue weighted by atomic mass is 9.85. The molecule has 0 atom stereocenters. The highest BCUT2D eigenvalue weighted by Gasteiger charge is 2.50. The van der Waals surface area contributed by atoms with Gasteiger partial charge in [-0.15, -0.1) is 0 Å². The Morgan fingerprint density at radius 1 is 1.10 bits per heavy atom. The molecule has 0 aliphatic carbocycles. The summed E-state index contributed by atoms with van der Waals surface area (Å²) in [6.07, 6.45) is 0. The number of hydrogen-bond donors (Lipinski definition) is 0. The number of methoxy groups -OCH3 is 1. The molecule has 1 aliphatic rings. The average molecular weight is 288 g/mol. The second-order valence-corrected chi connectivity index (χ2v) is 6.06. The summed E-state index contributed by atoms with van der Waals surface area (Å²) in [7, 11) is 0.785. The van der Waals surface area contributed by atoms with Gasteiger partial charge in [0.05, 0.1) is 23.9 Å². The number of hydrogen-bond acceptors (Lipinski definition) is 4. The largest absolute Gasteiger partial charge is 0.488 e. The van der Waals surface area contributed by atoms with E-state index in [1.54, 1.807) is 5.98 Å². The third-order valence-corrected chi connectivity index (χ3v) is 4.06. The van der Waals surface area contributed by atoms with Crippen LogP contribution in [-0.4, -0.2) is 31.4 Å². The smallest absolute Gasteiger partial charge is 0.465 e. The molecule has 112 valence electrons. The van der Waals surface area contributed by atoms with E-state index in [1.807, 2.05) is 58.0 Å².